The molecule has 1 saturated heterocycles. The maximum atomic E-state index is 6.44. The van der Waals surface area contributed by atoms with E-state index in [2.05, 4.69) is 32.6 Å². The fraction of sp³-hybridized carbons (Fsp3) is 1.00. The largest absolute Gasteiger partial charge is 0.377 e. The topological polar surface area (TPSA) is 38.5 Å². The smallest absolute Gasteiger partial charge is 0.0639 e. The molecule has 1 aliphatic rings. The van der Waals surface area contributed by atoms with Gasteiger partial charge in [-0.2, -0.15) is 0 Å². The molecule has 0 aromatic rings. The minimum absolute atomic E-state index is 0.123. The van der Waals surface area contributed by atoms with Crippen molar-refractivity contribution in [3.8, 4) is 0 Å². The van der Waals surface area contributed by atoms with E-state index in [9.17, 15) is 0 Å². The van der Waals surface area contributed by atoms with Crippen LogP contribution in [0.4, 0.5) is 0 Å². The van der Waals surface area contributed by atoms with Crippen molar-refractivity contribution in [2.45, 2.75) is 71.1 Å². The molecule has 0 aliphatic carbocycles. The molecule has 1 aliphatic heterocycles. The summed E-state index contributed by atoms with van der Waals surface area (Å²) >= 11 is 0. The highest BCUT2D eigenvalue weighted by atomic mass is 16.5. The van der Waals surface area contributed by atoms with Crippen LogP contribution in [0, 0.1) is 0 Å². The van der Waals surface area contributed by atoms with Gasteiger partial charge < -0.3 is 10.5 Å². The quantitative estimate of drug-likeness (QED) is 0.745. The highest BCUT2D eigenvalue weighted by molar-refractivity contribution is 4.99. The zero-order chi connectivity index (χ0) is 12.9. The molecule has 2 N–H and O–H groups in total. The Kier molecular flexibility index (Phi) is 5.90. The van der Waals surface area contributed by atoms with Crippen LogP contribution in [0.1, 0.15) is 53.4 Å². The number of ether oxygens (including phenoxy) is 1. The molecule has 3 nitrogen and oxygen atoms in total. The van der Waals surface area contributed by atoms with Gasteiger partial charge in [0, 0.05) is 11.6 Å². The molecular formula is C14H30N2O. The molecule has 1 unspecified atom stereocenters. The van der Waals surface area contributed by atoms with Crippen LogP contribution in [0.2, 0.25) is 0 Å². The number of hydrogen-bond donors (Lipinski definition) is 1. The van der Waals surface area contributed by atoms with Crippen molar-refractivity contribution in [1.82, 2.24) is 4.90 Å². The summed E-state index contributed by atoms with van der Waals surface area (Å²) in [5, 5.41) is 0. The second-order valence-electron chi connectivity index (χ2n) is 5.49. The van der Waals surface area contributed by atoms with Gasteiger partial charge in [0.05, 0.1) is 12.7 Å². The molecule has 102 valence electrons. The standard InChI is InChI=1S/C14H30N2O/c1-5-14(6-2,16-9-7-8-10-16)13(15)11-17-12(3)4/h12-13H,5-11,15H2,1-4H3. The predicted octanol–water partition coefficient (Wildman–Crippen LogP) is 2.39. The fourth-order valence-electron chi connectivity index (χ4n) is 3.07. The van der Waals surface area contributed by atoms with Crippen LogP contribution < -0.4 is 5.73 Å². The van der Waals surface area contributed by atoms with Crippen molar-refractivity contribution in [3.63, 3.8) is 0 Å². The zero-order valence-corrected chi connectivity index (χ0v) is 12.0. The van der Waals surface area contributed by atoms with Crippen molar-refractivity contribution in [1.29, 1.82) is 0 Å². The molecule has 1 fully saturated rings. The number of nitrogens with zero attached hydrogens (tertiary/aromatic N) is 1. The predicted molar refractivity (Wildman–Crippen MR) is 73.2 cm³/mol. The van der Waals surface area contributed by atoms with E-state index < -0.39 is 0 Å². The third kappa shape index (κ3) is 3.43. The molecule has 0 spiro atoms. The van der Waals surface area contributed by atoms with Crippen molar-refractivity contribution >= 4 is 0 Å². The van der Waals surface area contributed by atoms with Crippen LogP contribution in [0.3, 0.4) is 0 Å². The SMILES string of the molecule is CCC(CC)(C(N)COC(C)C)N1CCCC1. The minimum atomic E-state index is 0.123. The van der Waals surface area contributed by atoms with Crippen molar-refractivity contribution < 1.29 is 4.74 Å². The average molecular weight is 242 g/mol. The first kappa shape index (κ1) is 14.9. The maximum absolute atomic E-state index is 6.44. The van der Waals surface area contributed by atoms with Crippen LogP contribution in [0.15, 0.2) is 0 Å². The van der Waals surface area contributed by atoms with Gasteiger partial charge in [-0.3, -0.25) is 4.90 Å². The third-order valence-corrected chi connectivity index (χ3v) is 4.26. The van der Waals surface area contributed by atoms with E-state index in [-0.39, 0.29) is 17.7 Å². The molecule has 0 aromatic carbocycles. The lowest BCUT2D eigenvalue weighted by Gasteiger charge is -2.45. The van der Waals surface area contributed by atoms with Crippen LogP contribution in [0.5, 0.6) is 0 Å². The average Bonchev–Trinajstić information content (AvgIpc) is 2.83. The maximum Gasteiger partial charge on any atom is 0.0639 e. The van der Waals surface area contributed by atoms with Crippen LogP contribution in [0.25, 0.3) is 0 Å². The molecule has 3 heteroatoms. The van der Waals surface area contributed by atoms with Gasteiger partial charge in [-0.1, -0.05) is 13.8 Å². The highest BCUT2D eigenvalue weighted by Gasteiger charge is 2.40. The Balaban J connectivity index is 2.67. The van der Waals surface area contributed by atoms with Crippen LogP contribution in [-0.2, 0) is 4.74 Å². The Labute approximate surface area is 107 Å². The van der Waals surface area contributed by atoms with E-state index in [1.165, 1.54) is 25.9 Å². The van der Waals surface area contributed by atoms with E-state index in [4.69, 9.17) is 10.5 Å². The third-order valence-electron chi connectivity index (χ3n) is 4.26. The summed E-state index contributed by atoms with van der Waals surface area (Å²) in [6.45, 7) is 11.8. The van der Waals surface area contributed by atoms with Crippen molar-refractivity contribution in [3.05, 3.63) is 0 Å². The molecule has 1 heterocycles. The highest BCUT2D eigenvalue weighted by Crippen LogP contribution is 2.30. The van der Waals surface area contributed by atoms with E-state index in [1.807, 2.05) is 0 Å². The van der Waals surface area contributed by atoms with Gasteiger partial charge in [-0.15, -0.1) is 0 Å². The van der Waals surface area contributed by atoms with E-state index in [1.54, 1.807) is 0 Å². The summed E-state index contributed by atoms with van der Waals surface area (Å²) in [6.07, 6.45) is 5.14. The van der Waals surface area contributed by atoms with E-state index >= 15 is 0 Å². The molecule has 0 aromatic heterocycles. The first-order valence-electron chi connectivity index (χ1n) is 7.19. The van der Waals surface area contributed by atoms with Crippen LogP contribution >= 0.6 is 0 Å². The Bertz CT molecular complexity index is 208. The van der Waals surface area contributed by atoms with Gasteiger partial charge in [-0.25, -0.2) is 0 Å². The second-order valence-corrected chi connectivity index (χ2v) is 5.49. The number of likely N-dealkylation sites (tertiary alicyclic amines) is 1. The van der Waals surface area contributed by atoms with Gasteiger partial charge >= 0.3 is 0 Å². The Hall–Kier alpha value is -0.120. The second kappa shape index (κ2) is 6.72. The van der Waals surface area contributed by atoms with Gasteiger partial charge in [0.25, 0.3) is 0 Å². The molecular weight excluding hydrogens is 212 g/mol. The molecule has 0 radical (unpaired) electrons. The normalized spacial score (nSPS) is 20.1. The van der Waals surface area contributed by atoms with Gasteiger partial charge in [0.2, 0.25) is 0 Å². The first-order chi connectivity index (χ1) is 8.06. The summed E-state index contributed by atoms with van der Waals surface area (Å²) in [5.41, 5.74) is 6.58. The summed E-state index contributed by atoms with van der Waals surface area (Å²) in [6, 6.07) is 0.123. The zero-order valence-electron chi connectivity index (χ0n) is 12.0. The summed E-state index contributed by atoms with van der Waals surface area (Å²) < 4.78 is 5.72. The Morgan fingerprint density at radius 2 is 1.71 bits per heavy atom. The number of hydrogen-bond acceptors (Lipinski definition) is 3. The van der Waals surface area contributed by atoms with Gasteiger partial charge in [0.1, 0.15) is 0 Å². The summed E-state index contributed by atoms with van der Waals surface area (Å²) in [4.78, 5) is 2.60. The lowest BCUT2D eigenvalue weighted by atomic mass is 9.83. The molecule has 17 heavy (non-hydrogen) atoms. The van der Waals surface area contributed by atoms with E-state index in [0.717, 1.165) is 12.8 Å². The molecule has 0 saturated carbocycles. The van der Waals surface area contributed by atoms with Gasteiger partial charge in [0.15, 0.2) is 0 Å². The van der Waals surface area contributed by atoms with Crippen molar-refractivity contribution in [2.75, 3.05) is 19.7 Å². The van der Waals surface area contributed by atoms with E-state index in [0.29, 0.717) is 6.61 Å². The Morgan fingerprint density at radius 3 is 2.12 bits per heavy atom. The Morgan fingerprint density at radius 1 is 1.18 bits per heavy atom. The molecule has 0 amide bonds. The first-order valence-corrected chi connectivity index (χ1v) is 7.19. The number of rotatable bonds is 7. The van der Waals surface area contributed by atoms with Crippen LogP contribution in [-0.4, -0.2) is 42.3 Å². The molecule has 0 bridgehead atoms. The lowest BCUT2D eigenvalue weighted by molar-refractivity contribution is 0.00498. The monoisotopic (exact) mass is 242 g/mol. The summed E-state index contributed by atoms with van der Waals surface area (Å²) in [5.74, 6) is 0. The molecule has 1 atom stereocenters. The van der Waals surface area contributed by atoms with Gasteiger partial charge in [-0.05, 0) is 52.6 Å². The van der Waals surface area contributed by atoms with Crippen molar-refractivity contribution in [2.24, 2.45) is 5.73 Å². The fourth-order valence-corrected chi connectivity index (χ4v) is 3.07. The summed E-state index contributed by atoms with van der Waals surface area (Å²) in [7, 11) is 0. The minimum Gasteiger partial charge on any atom is -0.377 e. The lowest BCUT2D eigenvalue weighted by Crippen LogP contribution is -2.60. The molecule has 1 rings (SSSR count). The number of nitrogens with two attached hydrogens (primary N) is 1.